The van der Waals surface area contributed by atoms with Crippen LogP contribution < -0.4 is 4.72 Å². The molecule has 0 bridgehead atoms. The van der Waals surface area contributed by atoms with Crippen LogP contribution in [-0.2, 0) is 10.0 Å². The van der Waals surface area contributed by atoms with Gasteiger partial charge in [-0.3, -0.25) is 4.72 Å². The second-order valence-electron chi connectivity index (χ2n) is 3.84. The minimum atomic E-state index is -3.93. The number of anilines is 1. The molecule has 0 radical (unpaired) electrons. The number of nitrogens with zero attached hydrogens (tertiary/aromatic N) is 1. The highest BCUT2D eigenvalue weighted by Crippen LogP contribution is 2.20. The Labute approximate surface area is 109 Å². The maximum Gasteiger partial charge on any atom is 0.262 e. The van der Waals surface area contributed by atoms with Gasteiger partial charge in [0, 0.05) is 0 Å². The molecule has 0 atom stereocenters. The predicted octanol–water partition coefficient (Wildman–Crippen LogP) is 2.47. The monoisotopic (exact) mass is 284 g/mol. The van der Waals surface area contributed by atoms with E-state index < -0.39 is 27.6 Å². The number of rotatable bonds is 3. The zero-order chi connectivity index (χ0) is 14.0. The molecule has 0 aliphatic heterocycles. The third kappa shape index (κ3) is 2.87. The average Bonchev–Trinajstić information content (AvgIpc) is 2.33. The fourth-order valence-electron chi connectivity index (χ4n) is 1.55. The van der Waals surface area contributed by atoms with Gasteiger partial charge in [-0.2, -0.15) is 13.8 Å². The molecule has 1 aromatic carbocycles. The number of sulfonamides is 1. The van der Waals surface area contributed by atoms with Gasteiger partial charge in [0.15, 0.2) is 0 Å². The first-order chi connectivity index (χ1) is 8.90. The molecule has 4 nitrogen and oxygen atoms in total. The molecule has 2 rings (SSSR count). The van der Waals surface area contributed by atoms with Crippen molar-refractivity contribution in [2.24, 2.45) is 0 Å². The molecule has 0 spiro atoms. The lowest BCUT2D eigenvalue weighted by atomic mass is 10.2. The first kappa shape index (κ1) is 13.4. The third-order valence-electron chi connectivity index (χ3n) is 2.44. The van der Waals surface area contributed by atoms with Crippen molar-refractivity contribution in [3.8, 4) is 0 Å². The molecule has 0 aliphatic rings. The lowest BCUT2D eigenvalue weighted by molar-refractivity contribution is 0.515. The number of hydrogen-bond acceptors (Lipinski definition) is 3. The minimum absolute atomic E-state index is 0.0266. The topological polar surface area (TPSA) is 59.1 Å². The Morgan fingerprint density at radius 3 is 2.42 bits per heavy atom. The van der Waals surface area contributed by atoms with Crippen LogP contribution in [-0.4, -0.2) is 13.4 Å². The molecule has 0 saturated carbocycles. The first-order valence-corrected chi connectivity index (χ1v) is 6.79. The number of nitrogens with one attached hydrogen (secondary N) is 1. The van der Waals surface area contributed by atoms with E-state index in [0.29, 0.717) is 5.56 Å². The van der Waals surface area contributed by atoms with Crippen LogP contribution in [0.3, 0.4) is 0 Å². The normalized spacial score (nSPS) is 11.3. The van der Waals surface area contributed by atoms with Crippen molar-refractivity contribution in [2.75, 3.05) is 4.72 Å². The third-order valence-corrected chi connectivity index (χ3v) is 3.97. The highest BCUT2D eigenvalue weighted by molar-refractivity contribution is 7.92. The van der Waals surface area contributed by atoms with E-state index in [2.05, 4.69) is 4.98 Å². The molecule has 0 fully saturated rings. The van der Waals surface area contributed by atoms with Crippen LogP contribution in [0.15, 0.2) is 41.3 Å². The largest absolute Gasteiger partial charge is 0.275 e. The molecule has 1 N–H and O–H groups in total. The Morgan fingerprint density at radius 2 is 1.79 bits per heavy atom. The van der Waals surface area contributed by atoms with Gasteiger partial charge in [-0.1, -0.05) is 18.2 Å². The molecule has 0 saturated heterocycles. The highest BCUT2D eigenvalue weighted by Gasteiger charge is 2.18. The van der Waals surface area contributed by atoms with E-state index in [9.17, 15) is 17.2 Å². The molecule has 7 heteroatoms. The predicted molar refractivity (Wildman–Crippen MR) is 66.1 cm³/mol. The van der Waals surface area contributed by atoms with Gasteiger partial charge in [0.1, 0.15) is 5.69 Å². The Morgan fingerprint density at radius 1 is 1.11 bits per heavy atom. The van der Waals surface area contributed by atoms with Crippen LogP contribution in [0, 0.1) is 18.8 Å². The molecular weight excluding hydrogens is 274 g/mol. The molecule has 100 valence electrons. The van der Waals surface area contributed by atoms with Crippen LogP contribution in [0.2, 0.25) is 0 Å². The molecule has 1 aromatic heterocycles. The van der Waals surface area contributed by atoms with Gasteiger partial charge in [-0.25, -0.2) is 8.42 Å². The van der Waals surface area contributed by atoms with Crippen molar-refractivity contribution in [2.45, 2.75) is 11.8 Å². The Kier molecular flexibility index (Phi) is 3.48. The van der Waals surface area contributed by atoms with Crippen molar-refractivity contribution >= 4 is 15.7 Å². The van der Waals surface area contributed by atoms with Gasteiger partial charge in [0.05, 0.1) is 4.90 Å². The van der Waals surface area contributed by atoms with E-state index in [1.807, 2.05) is 4.72 Å². The summed E-state index contributed by atoms with van der Waals surface area (Å²) in [5, 5.41) is 0. The summed E-state index contributed by atoms with van der Waals surface area (Å²) in [7, 11) is -3.93. The van der Waals surface area contributed by atoms with Crippen LogP contribution in [0.25, 0.3) is 0 Å². The first-order valence-electron chi connectivity index (χ1n) is 5.30. The summed E-state index contributed by atoms with van der Waals surface area (Å²) in [5.74, 6) is -2.23. The lowest BCUT2D eigenvalue weighted by Crippen LogP contribution is -2.15. The van der Waals surface area contributed by atoms with E-state index >= 15 is 0 Å². The van der Waals surface area contributed by atoms with Crippen molar-refractivity contribution in [1.82, 2.24) is 4.98 Å². The van der Waals surface area contributed by atoms with Crippen LogP contribution in [0.1, 0.15) is 5.56 Å². The van der Waals surface area contributed by atoms with Gasteiger partial charge in [-0.05, 0) is 30.7 Å². The van der Waals surface area contributed by atoms with Crippen molar-refractivity contribution in [3.63, 3.8) is 0 Å². The van der Waals surface area contributed by atoms with Crippen LogP contribution in [0.5, 0.6) is 0 Å². The van der Waals surface area contributed by atoms with E-state index in [1.165, 1.54) is 6.07 Å². The van der Waals surface area contributed by atoms with Gasteiger partial charge in [0.25, 0.3) is 10.0 Å². The van der Waals surface area contributed by atoms with E-state index in [1.54, 1.807) is 25.1 Å². The van der Waals surface area contributed by atoms with Gasteiger partial charge in [-0.15, -0.1) is 0 Å². The Hall–Kier alpha value is -2.02. The molecule has 19 heavy (non-hydrogen) atoms. The average molecular weight is 284 g/mol. The number of aryl methyl sites for hydroxylation is 1. The minimum Gasteiger partial charge on any atom is -0.275 e. The van der Waals surface area contributed by atoms with Gasteiger partial charge < -0.3 is 0 Å². The molecular formula is C12H10F2N2O2S. The van der Waals surface area contributed by atoms with Crippen molar-refractivity contribution in [3.05, 3.63) is 53.9 Å². The lowest BCUT2D eigenvalue weighted by Gasteiger charge is -2.10. The Bertz CT molecular complexity index is 717. The molecule has 1 heterocycles. The van der Waals surface area contributed by atoms with Crippen LogP contribution in [0.4, 0.5) is 14.5 Å². The van der Waals surface area contributed by atoms with E-state index in [-0.39, 0.29) is 4.90 Å². The molecule has 0 amide bonds. The van der Waals surface area contributed by atoms with Crippen molar-refractivity contribution in [1.29, 1.82) is 0 Å². The summed E-state index contributed by atoms with van der Waals surface area (Å²) in [5.41, 5.74) is 0.120. The quantitative estimate of drug-likeness (QED) is 0.881. The Balaban J connectivity index is 2.40. The number of hydrogen-bond donors (Lipinski definition) is 1. The summed E-state index contributed by atoms with van der Waals surface area (Å²) in [6.45, 7) is 1.62. The SMILES string of the molecule is Cc1ccccc1S(=O)(=O)Nc1ccc(F)nc1F. The second-order valence-corrected chi connectivity index (χ2v) is 5.49. The summed E-state index contributed by atoms with van der Waals surface area (Å²) < 4.78 is 52.1. The second kappa shape index (κ2) is 4.93. The van der Waals surface area contributed by atoms with Gasteiger partial charge in [0.2, 0.25) is 11.9 Å². The fourth-order valence-corrected chi connectivity index (χ4v) is 2.85. The standard InChI is InChI=1S/C12H10F2N2O2S/c1-8-4-2-3-5-10(8)19(17,18)16-9-6-7-11(13)15-12(9)14/h2-7,16H,1H3. The number of aromatic nitrogens is 1. The molecule has 0 unspecified atom stereocenters. The van der Waals surface area contributed by atoms with Crippen molar-refractivity contribution < 1.29 is 17.2 Å². The number of benzene rings is 1. The zero-order valence-corrected chi connectivity index (χ0v) is 10.7. The maximum absolute atomic E-state index is 13.3. The van der Waals surface area contributed by atoms with Crippen LogP contribution >= 0.6 is 0 Å². The maximum atomic E-state index is 13.3. The molecule has 0 aliphatic carbocycles. The van der Waals surface area contributed by atoms with E-state index in [0.717, 1.165) is 12.1 Å². The molecule has 2 aromatic rings. The smallest absolute Gasteiger partial charge is 0.262 e. The highest BCUT2D eigenvalue weighted by atomic mass is 32.2. The summed E-state index contributed by atoms with van der Waals surface area (Å²) in [6, 6.07) is 8.11. The summed E-state index contributed by atoms with van der Waals surface area (Å²) in [4.78, 5) is 2.94. The van der Waals surface area contributed by atoms with Gasteiger partial charge >= 0.3 is 0 Å². The fraction of sp³-hybridized carbons (Fsp3) is 0.0833. The summed E-state index contributed by atoms with van der Waals surface area (Å²) in [6.07, 6.45) is 0. The van der Waals surface area contributed by atoms with E-state index in [4.69, 9.17) is 0 Å². The summed E-state index contributed by atoms with van der Waals surface area (Å²) >= 11 is 0. The zero-order valence-electron chi connectivity index (χ0n) is 9.89. The number of pyridine rings is 1. The number of halogens is 2.